The Kier molecular flexibility index (Phi) is 3.47. The average molecular weight is 239 g/mol. The van der Waals surface area contributed by atoms with Crippen LogP contribution >= 0.6 is 15.9 Å². The molecule has 0 aromatic heterocycles. The van der Waals surface area contributed by atoms with E-state index in [1.54, 1.807) is 6.07 Å². The van der Waals surface area contributed by atoms with Crippen LogP contribution < -0.4 is 5.73 Å². The summed E-state index contributed by atoms with van der Waals surface area (Å²) in [6.45, 7) is 2.03. The maximum absolute atomic E-state index is 8.73. The van der Waals surface area contributed by atoms with Crippen molar-refractivity contribution >= 4 is 15.9 Å². The van der Waals surface area contributed by atoms with Crippen LogP contribution in [-0.4, -0.2) is 0 Å². The van der Waals surface area contributed by atoms with Crippen molar-refractivity contribution in [2.45, 2.75) is 19.4 Å². The van der Waals surface area contributed by atoms with Crippen LogP contribution in [0.25, 0.3) is 0 Å². The molecule has 0 aliphatic rings. The van der Waals surface area contributed by atoms with Gasteiger partial charge in [0.25, 0.3) is 0 Å². The average Bonchev–Trinajstić information content (AvgIpc) is 2.15. The molecule has 68 valence electrons. The van der Waals surface area contributed by atoms with Gasteiger partial charge in [-0.05, 0) is 30.2 Å². The standard InChI is InChI=1S/C10H11BrN2/c1-2-10(13)8-3-7(6-12)4-9(11)5-8/h3-5,10H,2,13H2,1H3/t10-/m0/s1. The lowest BCUT2D eigenvalue weighted by molar-refractivity contribution is 0.698. The second-order valence-electron chi connectivity index (χ2n) is 2.90. The third-order valence-electron chi connectivity index (χ3n) is 1.92. The number of benzene rings is 1. The molecule has 0 unspecified atom stereocenters. The van der Waals surface area contributed by atoms with Crippen molar-refractivity contribution in [2.75, 3.05) is 0 Å². The van der Waals surface area contributed by atoms with Crippen molar-refractivity contribution in [2.24, 2.45) is 5.73 Å². The fourth-order valence-corrected chi connectivity index (χ4v) is 1.64. The Morgan fingerprint density at radius 1 is 1.54 bits per heavy atom. The van der Waals surface area contributed by atoms with Crippen LogP contribution in [0.1, 0.15) is 30.5 Å². The van der Waals surface area contributed by atoms with Crippen molar-refractivity contribution in [3.8, 4) is 6.07 Å². The van der Waals surface area contributed by atoms with Crippen molar-refractivity contribution in [1.82, 2.24) is 0 Å². The molecule has 0 amide bonds. The van der Waals surface area contributed by atoms with Gasteiger partial charge in [-0.3, -0.25) is 0 Å². The normalized spacial score (nSPS) is 12.2. The molecule has 0 saturated heterocycles. The van der Waals surface area contributed by atoms with Gasteiger partial charge < -0.3 is 5.73 Å². The summed E-state index contributed by atoms with van der Waals surface area (Å²) in [5.74, 6) is 0. The number of halogens is 1. The summed E-state index contributed by atoms with van der Waals surface area (Å²) in [5.41, 5.74) is 7.51. The van der Waals surface area contributed by atoms with E-state index in [1.165, 1.54) is 0 Å². The molecule has 1 aromatic rings. The highest BCUT2D eigenvalue weighted by molar-refractivity contribution is 9.10. The predicted octanol–water partition coefficient (Wildman–Crippen LogP) is 2.73. The monoisotopic (exact) mass is 238 g/mol. The summed E-state index contributed by atoms with van der Waals surface area (Å²) in [4.78, 5) is 0. The van der Waals surface area contributed by atoms with Gasteiger partial charge in [-0.15, -0.1) is 0 Å². The lowest BCUT2D eigenvalue weighted by atomic mass is 10.0. The molecule has 0 heterocycles. The summed E-state index contributed by atoms with van der Waals surface area (Å²) < 4.78 is 0.908. The molecular formula is C10H11BrN2. The highest BCUT2D eigenvalue weighted by Crippen LogP contribution is 2.20. The number of hydrogen-bond acceptors (Lipinski definition) is 2. The Morgan fingerprint density at radius 2 is 2.23 bits per heavy atom. The molecule has 2 nitrogen and oxygen atoms in total. The van der Waals surface area contributed by atoms with Crippen LogP contribution in [-0.2, 0) is 0 Å². The van der Waals surface area contributed by atoms with Crippen LogP contribution in [0.3, 0.4) is 0 Å². The lowest BCUT2D eigenvalue weighted by Gasteiger charge is -2.09. The summed E-state index contributed by atoms with van der Waals surface area (Å²) in [6, 6.07) is 7.69. The van der Waals surface area contributed by atoms with Crippen LogP contribution in [0.2, 0.25) is 0 Å². The van der Waals surface area contributed by atoms with Gasteiger partial charge in [-0.2, -0.15) is 5.26 Å². The molecule has 1 rings (SSSR count). The lowest BCUT2D eigenvalue weighted by Crippen LogP contribution is -2.08. The first-order valence-electron chi connectivity index (χ1n) is 4.13. The smallest absolute Gasteiger partial charge is 0.0992 e. The van der Waals surface area contributed by atoms with Gasteiger partial charge in [0.1, 0.15) is 0 Å². The number of hydrogen-bond donors (Lipinski definition) is 1. The first kappa shape index (κ1) is 10.2. The predicted molar refractivity (Wildman–Crippen MR) is 56.1 cm³/mol. The Bertz CT molecular complexity index is 341. The SMILES string of the molecule is CC[C@H](N)c1cc(Br)cc(C#N)c1. The maximum Gasteiger partial charge on any atom is 0.0992 e. The topological polar surface area (TPSA) is 49.8 Å². The molecule has 1 atom stereocenters. The van der Waals surface area contributed by atoms with Crippen LogP contribution in [0.5, 0.6) is 0 Å². The Balaban J connectivity index is 3.10. The molecular weight excluding hydrogens is 228 g/mol. The van der Waals surface area contributed by atoms with Gasteiger partial charge in [-0.1, -0.05) is 22.9 Å². The Labute approximate surface area is 86.5 Å². The molecule has 0 radical (unpaired) electrons. The van der Waals surface area contributed by atoms with Crippen molar-refractivity contribution in [3.05, 3.63) is 33.8 Å². The zero-order chi connectivity index (χ0) is 9.84. The van der Waals surface area contributed by atoms with E-state index in [0.717, 1.165) is 16.5 Å². The second kappa shape index (κ2) is 4.40. The van der Waals surface area contributed by atoms with Crippen molar-refractivity contribution in [3.63, 3.8) is 0 Å². The summed E-state index contributed by atoms with van der Waals surface area (Å²) in [5, 5.41) is 8.73. The van der Waals surface area contributed by atoms with E-state index in [2.05, 4.69) is 22.0 Å². The highest BCUT2D eigenvalue weighted by Gasteiger charge is 2.05. The largest absolute Gasteiger partial charge is 0.324 e. The van der Waals surface area contributed by atoms with Crippen LogP contribution in [0.15, 0.2) is 22.7 Å². The van der Waals surface area contributed by atoms with Crippen molar-refractivity contribution < 1.29 is 0 Å². The summed E-state index contributed by atoms with van der Waals surface area (Å²) in [6.07, 6.45) is 0.876. The van der Waals surface area contributed by atoms with Gasteiger partial charge in [0.2, 0.25) is 0 Å². The maximum atomic E-state index is 8.73. The van der Waals surface area contributed by atoms with E-state index in [-0.39, 0.29) is 6.04 Å². The molecule has 1 aromatic carbocycles. The fourth-order valence-electron chi connectivity index (χ4n) is 1.13. The molecule has 0 saturated carbocycles. The number of nitrogens with zero attached hydrogens (tertiary/aromatic N) is 1. The van der Waals surface area contributed by atoms with Gasteiger partial charge >= 0.3 is 0 Å². The molecule has 13 heavy (non-hydrogen) atoms. The van der Waals surface area contributed by atoms with Gasteiger partial charge in [0.15, 0.2) is 0 Å². The Hall–Kier alpha value is -0.850. The van der Waals surface area contributed by atoms with E-state index in [9.17, 15) is 0 Å². The first-order valence-corrected chi connectivity index (χ1v) is 4.93. The minimum Gasteiger partial charge on any atom is -0.324 e. The van der Waals surface area contributed by atoms with E-state index >= 15 is 0 Å². The minimum absolute atomic E-state index is 0.0181. The molecule has 0 bridgehead atoms. The van der Waals surface area contributed by atoms with E-state index < -0.39 is 0 Å². The second-order valence-corrected chi connectivity index (χ2v) is 3.82. The number of rotatable bonds is 2. The third-order valence-corrected chi connectivity index (χ3v) is 2.38. The number of nitrogens with two attached hydrogens (primary N) is 1. The van der Waals surface area contributed by atoms with E-state index in [1.807, 2.05) is 19.1 Å². The highest BCUT2D eigenvalue weighted by atomic mass is 79.9. The summed E-state index contributed by atoms with van der Waals surface area (Å²) in [7, 11) is 0. The van der Waals surface area contributed by atoms with Gasteiger partial charge in [0, 0.05) is 10.5 Å². The van der Waals surface area contributed by atoms with Gasteiger partial charge in [0.05, 0.1) is 11.6 Å². The van der Waals surface area contributed by atoms with Crippen molar-refractivity contribution in [1.29, 1.82) is 5.26 Å². The van der Waals surface area contributed by atoms with E-state index in [0.29, 0.717) is 5.56 Å². The van der Waals surface area contributed by atoms with Crippen LogP contribution in [0.4, 0.5) is 0 Å². The molecule has 2 N–H and O–H groups in total. The molecule has 0 fully saturated rings. The zero-order valence-corrected chi connectivity index (χ0v) is 9.01. The molecule has 3 heteroatoms. The fraction of sp³-hybridized carbons (Fsp3) is 0.300. The van der Waals surface area contributed by atoms with Crippen LogP contribution in [0, 0.1) is 11.3 Å². The summed E-state index contributed by atoms with van der Waals surface area (Å²) >= 11 is 3.34. The molecule has 0 aliphatic carbocycles. The number of nitriles is 1. The van der Waals surface area contributed by atoms with E-state index in [4.69, 9.17) is 11.0 Å². The minimum atomic E-state index is 0.0181. The molecule has 0 spiro atoms. The molecule has 0 aliphatic heterocycles. The Morgan fingerprint density at radius 3 is 2.77 bits per heavy atom. The van der Waals surface area contributed by atoms with Gasteiger partial charge in [-0.25, -0.2) is 0 Å². The first-order chi connectivity index (χ1) is 6.17. The quantitative estimate of drug-likeness (QED) is 0.862. The third kappa shape index (κ3) is 2.55. The zero-order valence-electron chi connectivity index (χ0n) is 7.42.